The normalized spacial score (nSPS) is 12.1. The molecular formula is C18H13F3N2O2. The molecule has 1 amide bonds. The lowest BCUT2D eigenvalue weighted by Crippen LogP contribution is -2.34. The Morgan fingerprint density at radius 2 is 1.76 bits per heavy atom. The molecule has 25 heavy (non-hydrogen) atoms. The average molecular weight is 346 g/mol. The highest BCUT2D eigenvalue weighted by atomic mass is 19.4. The van der Waals surface area contributed by atoms with E-state index in [0.717, 1.165) is 23.8 Å². The summed E-state index contributed by atoms with van der Waals surface area (Å²) in [5, 5.41) is 11.5. The van der Waals surface area contributed by atoms with E-state index in [4.69, 9.17) is 5.26 Å². The summed E-state index contributed by atoms with van der Waals surface area (Å²) in [5.41, 5.74) is -0.588. The fourth-order valence-electron chi connectivity index (χ4n) is 2.14. The summed E-state index contributed by atoms with van der Waals surface area (Å²) in [6, 6.07) is 14.0. The number of hydrogen-bond acceptors (Lipinski definition) is 3. The van der Waals surface area contributed by atoms with E-state index in [1.54, 1.807) is 36.4 Å². The van der Waals surface area contributed by atoms with Crippen LogP contribution < -0.4 is 5.32 Å². The van der Waals surface area contributed by atoms with E-state index in [1.807, 2.05) is 0 Å². The molecule has 2 aromatic rings. The van der Waals surface area contributed by atoms with Gasteiger partial charge in [0.15, 0.2) is 11.7 Å². The Morgan fingerprint density at radius 1 is 1.08 bits per heavy atom. The molecule has 1 N–H and O–H groups in total. The second kappa shape index (κ2) is 7.62. The van der Waals surface area contributed by atoms with Crippen LogP contribution >= 0.6 is 0 Å². The van der Waals surface area contributed by atoms with Gasteiger partial charge in [-0.15, -0.1) is 0 Å². The molecule has 0 heterocycles. The van der Waals surface area contributed by atoms with Crippen LogP contribution in [-0.2, 0) is 17.5 Å². The van der Waals surface area contributed by atoms with Crippen LogP contribution in [0.4, 0.5) is 13.2 Å². The van der Waals surface area contributed by atoms with Crippen molar-refractivity contribution in [2.45, 2.75) is 12.7 Å². The fraction of sp³-hybridized carbons (Fsp3) is 0.167. The van der Waals surface area contributed by atoms with E-state index < -0.39 is 29.3 Å². The van der Waals surface area contributed by atoms with Crippen molar-refractivity contribution in [1.29, 1.82) is 5.26 Å². The third-order valence-corrected chi connectivity index (χ3v) is 3.44. The molecule has 0 saturated carbocycles. The summed E-state index contributed by atoms with van der Waals surface area (Å²) in [6.07, 6.45) is -4.62. The minimum atomic E-state index is -4.62. The van der Waals surface area contributed by atoms with Gasteiger partial charge in [-0.25, -0.2) is 0 Å². The van der Waals surface area contributed by atoms with E-state index in [0.29, 0.717) is 6.07 Å². The molecule has 2 aromatic carbocycles. The highest BCUT2D eigenvalue weighted by molar-refractivity contribution is 6.12. The smallest absolute Gasteiger partial charge is 0.350 e. The fourth-order valence-corrected chi connectivity index (χ4v) is 2.14. The average Bonchev–Trinajstić information content (AvgIpc) is 2.60. The molecule has 0 aliphatic heterocycles. The van der Waals surface area contributed by atoms with Gasteiger partial charge in [0.2, 0.25) is 5.91 Å². The first-order valence-electron chi connectivity index (χ1n) is 7.25. The van der Waals surface area contributed by atoms with Crippen LogP contribution in [0.2, 0.25) is 0 Å². The first kappa shape index (κ1) is 18.2. The summed E-state index contributed by atoms with van der Waals surface area (Å²) in [5.74, 6) is -3.54. The third-order valence-electron chi connectivity index (χ3n) is 3.44. The maximum atomic E-state index is 12.7. The number of nitrogens with one attached hydrogen (secondary N) is 1. The summed E-state index contributed by atoms with van der Waals surface area (Å²) >= 11 is 0. The molecule has 128 valence electrons. The summed E-state index contributed by atoms with van der Waals surface area (Å²) in [4.78, 5) is 24.3. The number of carbonyl (C=O) groups excluding carboxylic acids is 2. The van der Waals surface area contributed by atoms with Gasteiger partial charge >= 0.3 is 6.18 Å². The van der Waals surface area contributed by atoms with Crippen molar-refractivity contribution in [3.63, 3.8) is 0 Å². The summed E-state index contributed by atoms with van der Waals surface area (Å²) < 4.78 is 38.2. The van der Waals surface area contributed by atoms with Crippen molar-refractivity contribution in [3.8, 4) is 6.07 Å². The topological polar surface area (TPSA) is 70.0 Å². The van der Waals surface area contributed by atoms with Crippen molar-refractivity contribution >= 4 is 11.7 Å². The zero-order valence-electron chi connectivity index (χ0n) is 12.9. The largest absolute Gasteiger partial charge is 0.416 e. The van der Waals surface area contributed by atoms with Crippen LogP contribution in [0, 0.1) is 17.2 Å². The number of amides is 1. The van der Waals surface area contributed by atoms with Gasteiger partial charge in [-0.05, 0) is 17.7 Å². The van der Waals surface area contributed by atoms with Crippen molar-refractivity contribution in [2.24, 2.45) is 5.92 Å². The molecule has 0 radical (unpaired) electrons. The van der Waals surface area contributed by atoms with Gasteiger partial charge in [0, 0.05) is 12.1 Å². The van der Waals surface area contributed by atoms with Crippen molar-refractivity contribution in [3.05, 3.63) is 71.3 Å². The van der Waals surface area contributed by atoms with Crippen molar-refractivity contribution in [2.75, 3.05) is 0 Å². The number of hydrogen-bond donors (Lipinski definition) is 1. The van der Waals surface area contributed by atoms with E-state index in [1.165, 1.54) is 0 Å². The molecule has 0 aliphatic carbocycles. The molecule has 0 fully saturated rings. The standard InChI is InChI=1S/C18H13F3N2O2/c19-18(20,21)14-8-4-7-13(9-14)16(24)15(10-22)17(25)23-11-12-5-2-1-3-6-12/h1-9,15H,11H2,(H,23,25)/t15-/m1/s1. The van der Waals surface area contributed by atoms with Crippen LogP contribution in [0.1, 0.15) is 21.5 Å². The Bertz CT molecular complexity index is 811. The van der Waals surface area contributed by atoms with Gasteiger partial charge in [0.05, 0.1) is 11.6 Å². The highest BCUT2D eigenvalue weighted by Gasteiger charge is 2.33. The van der Waals surface area contributed by atoms with Crippen LogP contribution in [0.3, 0.4) is 0 Å². The van der Waals surface area contributed by atoms with E-state index in [-0.39, 0.29) is 12.1 Å². The Morgan fingerprint density at radius 3 is 2.36 bits per heavy atom. The molecular weight excluding hydrogens is 333 g/mol. The van der Waals surface area contributed by atoms with Gasteiger partial charge in [-0.2, -0.15) is 18.4 Å². The predicted molar refractivity (Wildman–Crippen MR) is 83.2 cm³/mol. The number of carbonyl (C=O) groups is 2. The molecule has 0 spiro atoms. The van der Waals surface area contributed by atoms with Crippen LogP contribution in [-0.4, -0.2) is 11.7 Å². The molecule has 0 aliphatic rings. The number of benzene rings is 2. The maximum absolute atomic E-state index is 12.7. The first-order valence-corrected chi connectivity index (χ1v) is 7.25. The van der Waals surface area contributed by atoms with Gasteiger partial charge in [-0.3, -0.25) is 9.59 Å². The van der Waals surface area contributed by atoms with E-state index in [2.05, 4.69) is 5.32 Å². The van der Waals surface area contributed by atoms with E-state index in [9.17, 15) is 22.8 Å². The van der Waals surface area contributed by atoms with Crippen LogP contribution in [0.25, 0.3) is 0 Å². The predicted octanol–water partition coefficient (Wildman–Crippen LogP) is 3.34. The maximum Gasteiger partial charge on any atom is 0.416 e. The van der Waals surface area contributed by atoms with Gasteiger partial charge in [0.1, 0.15) is 0 Å². The Labute approximate surface area is 141 Å². The number of nitriles is 1. The number of ketones is 1. The lowest BCUT2D eigenvalue weighted by atomic mass is 9.96. The van der Waals surface area contributed by atoms with Gasteiger partial charge in [0.25, 0.3) is 0 Å². The number of Topliss-reactive ketones (excluding diaryl/α,β-unsaturated/α-hetero) is 1. The zero-order chi connectivity index (χ0) is 18.4. The van der Waals surface area contributed by atoms with Gasteiger partial charge < -0.3 is 5.32 Å². The zero-order valence-corrected chi connectivity index (χ0v) is 12.9. The Balaban J connectivity index is 2.13. The molecule has 0 bridgehead atoms. The summed E-state index contributed by atoms with van der Waals surface area (Å²) in [7, 11) is 0. The first-order chi connectivity index (χ1) is 11.8. The molecule has 0 unspecified atom stereocenters. The number of halogens is 3. The summed E-state index contributed by atoms with van der Waals surface area (Å²) in [6.45, 7) is 0.105. The Hall–Kier alpha value is -3.14. The molecule has 0 aromatic heterocycles. The minimum absolute atomic E-state index is 0.105. The number of alkyl halides is 3. The minimum Gasteiger partial charge on any atom is -0.350 e. The van der Waals surface area contributed by atoms with E-state index >= 15 is 0 Å². The second-order valence-electron chi connectivity index (χ2n) is 5.21. The molecule has 7 heteroatoms. The lowest BCUT2D eigenvalue weighted by Gasteiger charge is -2.11. The molecule has 1 atom stereocenters. The number of rotatable bonds is 5. The van der Waals surface area contributed by atoms with Crippen LogP contribution in [0.15, 0.2) is 54.6 Å². The molecule has 0 saturated heterocycles. The SMILES string of the molecule is N#C[C@@H](C(=O)NCc1ccccc1)C(=O)c1cccc(C(F)(F)F)c1. The molecule has 4 nitrogen and oxygen atoms in total. The second-order valence-corrected chi connectivity index (χ2v) is 5.21. The lowest BCUT2D eigenvalue weighted by molar-refractivity contribution is -0.137. The monoisotopic (exact) mass is 346 g/mol. The van der Waals surface area contributed by atoms with Crippen LogP contribution in [0.5, 0.6) is 0 Å². The van der Waals surface area contributed by atoms with Gasteiger partial charge in [-0.1, -0.05) is 42.5 Å². The van der Waals surface area contributed by atoms with Crippen molar-refractivity contribution < 1.29 is 22.8 Å². The van der Waals surface area contributed by atoms with Crippen molar-refractivity contribution in [1.82, 2.24) is 5.32 Å². The third kappa shape index (κ3) is 4.67. The number of nitrogens with zero attached hydrogens (tertiary/aromatic N) is 1. The highest BCUT2D eigenvalue weighted by Crippen LogP contribution is 2.30. The Kier molecular flexibility index (Phi) is 5.55. The molecule has 2 rings (SSSR count). The quantitative estimate of drug-likeness (QED) is 0.667.